The molecule has 0 aromatic rings. The summed E-state index contributed by atoms with van der Waals surface area (Å²) in [6.45, 7) is 11.4. The molecule has 0 aliphatic carbocycles. The molecule has 0 aromatic heterocycles. The summed E-state index contributed by atoms with van der Waals surface area (Å²) in [5.74, 6) is 0.861. The zero-order valence-corrected chi connectivity index (χ0v) is 41.1. The highest BCUT2D eigenvalue weighted by atomic mass is 16.6. The fourth-order valence-corrected chi connectivity index (χ4v) is 8.10. The Hall–Kier alpha value is -1.59. The van der Waals surface area contributed by atoms with Gasteiger partial charge in [0.1, 0.15) is 13.2 Å². The molecule has 0 N–H and O–H groups in total. The van der Waals surface area contributed by atoms with E-state index in [0.29, 0.717) is 19.3 Å². The number of carbonyl (C=O) groups excluding carboxylic acids is 3. The third-order valence-corrected chi connectivity index (χ3v) is 12.9. The average Bonchev–Trinajstić information content (AvgIpc) is 3.25. The van der Waals surface area contributed by atoms with Crippen molar-refractivity contribution < 1.29 is 28.6 Å². The highest BCUT2D eigenvalue weighted by molar-refractivity contribution is 5.71. The van der Waals surface area contributed by atoms with E-state index in [1.807, 2.05) is 0 Å². The van der Waals surface area contributed by atoms with E-state index >= 15 is 0 Å². The van der Waals surface area contributed by atoms with Crippen LogP contribution in [-0.4, -0.2) is 37.2 Å². The molecule has 60 heavy (non-hydrogen) atoms. The molecule has 0 radical (unpaired) electrons. The van der Waals surface area contributed by atoms with Gasteiger partial charge in [0.15, 0.2) is 6.10 Å². The first-order valence-corrected chi connectivity index (χ1v) is 26.8. The first kappa shape index (κ1) is 58.4. The van der Waals surface area contributed by atoms with Gasteiger partial charge in [0.25, 0.3) is 0 Å². The van der Waals surface area contributed by atoms with E-state index in [1.54, 1.807) is 0 Å². The van der Waals surface area contributed by atoms with Crippen molar-refractivity contribution in [2.45, 2.75) is 304 Å². The van der Waals surface area contributed by atoms with Gasteiger partial charge < -0.3 is 14.2 Å². The van der Waals surface area contributed by atoms with Crippen molar-refractivity contribution in [2.24, 2.45) is 11.8 Å². The molecule has 356 valence electrons. The second-order valence-corrected chi connectivity index (χ2v) is 19.0. The monoisotopic (exact) mass is 849 g/mol. The van der Waals surface area contributed by atoms with Crippen LogP contribution in [0.25, 0.3) is 0 Å². The van der Waals surface area contributed by atoms with Crippen molar-refractivity contribution in [3.8, 4) is 0 Å². The van der Waals surface area contributed by atoms with Crippen LogP contribution in [0.5, 0.6) is 0 Å². The van der Waals surface area contributed by atoms with E-state index in [9.17, 15) is 14.4 Å². The molecular formula is C54H104O6. The number of esters is 3. The van der Waals surface area contributed by atoms with Gasteiger partial charge in [0.05, 0.1) is 0 Å². The molecule has 0 heterocycles. The summed E-state index contributed by atoms with van der Waals surface area (Å²) in [6, 6.07) is 0. The minimum absolute atomic E-state index is 0.0640. The Morgan fingerprint density at radius 3 is 0.867 bits per heavy atom. The molecule has 0 saturated carbocycles. The van der Waals surface area contributed by atoms with E-state index in [4.69, 9.17) is 14.2 Å². The molecule has 2 unspecified atom stereocenters. The van der Waals surface area contributed by atoms with Gasteiger partial charge in [-0.2, -0.15) is 0 Å². The van der Waals surface area contributed by atoms with Crippen LogP contribution in [0.3, 0.4) is 0 Å². The fourth-order valence-electron chi connectivity index (χ4n) is 8.10. The summed E-state index contributed by atoms with van der Waals surface area (Å²) in [7, 11) is 0. The Morgan fingerprint density at radius 2 is 0.583 bits per heavy atom. The van der Waals surface area contributed by atoms with Gasteiger partial charge in [-0.3, -0.25) is 14.4 Å². The van der Waals surface area contributed by atoms with Crippen molar-refractivity contribution in [3.05, 3.63) is 0 Å². The van der Waals surface area contributed by atoms with Crippen molar-refractivity contribution in [1.82, 2.24) is 0 Å². The topological polar surface area (TPSA) is 78.9 Å². The Kier molecular flexibility index (Phi) is 45.7. The number of hydrogen-bond donors (Lipinski definition) is 0. The summed E-state index contributed by atoms with van der Waals surface area (Å²) >= 11 is 0. The van der Waals surface area contributed by atoms with Gasteiger partial charge in [0, 0.05) is 19.3 Å². The SMILES string of the molecule is CCCCCCCCCCCCCCCCC(=O)O[C@H](COC(=O)CCCCCCCCCCCCCCCCC(C)CC)COC(=O)CCCCCCCCC(C)CC. The molecule has 6 nitrogen and oxygen atoms in total. The van der Waals surface area contributed by atoms with Crippen LogP contribution in [0, 0.1) is 11.8 Å². The van der Waals surface area contributed by atoms with Crippen molar-refractivity contribution in [1.29, 1.82) is 0 Å². The van der Waals surface area contributed by atoms with Gasteiger partial charge in [-0.15, -0.1) is 0 Å². The zero-order chi connectivity index (χ0) is 44.0. The second kappa shape index (κ2) is 46.9. The first-order valence-electron chi connectivity index (χ1n) is 26.8. The summed E-state index contributed by atoms with van der Waals surface area (Å²) in [4.78, 5) is 38.0. The summed E-state index contributed by atoms with van der Waals surface area (Å²) in [5, 5.41) is 0. The van der Waals surface area contributed by atoms with Crippen molar-refractivity contribution in [3.63, 3.8) is 0 Å². The van der Waals surface area contributed by atoms with Crippen LogP contribution in [0.15, 0.2) is 0 Å². The van der Waals surface area contributed by atoms with Crippen molar-refractivity contribution >= 4 is 17.9 Å². The van der Waals surface area contributed by atoms with Crippen LogP contribution in [0.1, 0.15) is 298 Å². The minimum atomic E-state index is -0.762. The standard InChI is InChI=1S/C54H104O6/c1-6-9-10-11-12-13-14-15-19-23-26-29-36-41-46-54(57)60-51(48-59-53(56)45-40-35-31-30-33-38-43-50(5)8-3)47-58-52(55)44-39-34-28-25-22-20-17-16-18-21-24-27-32-37-42-49(4)7-2/h49-51H,6-48H2,1-5H3/t49?,50?,51-/m1/s1. The molecule has 6 heteroatoms. The highest BCUT2D eigenvalue weighted by Gasteiger charge is 2.19. The van der Waals surface area contributed by atoms with E-state index in [2.05, 4.69) is 34.6 Å². The van der Waals surface area contributed by atoms with Gasteiger partial charge in [-0.25, -0.2) is 0 Å². The lowest BCUT2D eigenvalue weighted by Gasteiger charge is -2.18. The Bertz CT molecular complexity index is 920. The predicted octanol–water partition coefficient (Wildman–Crippen LogP) is 17.3. The molecule has 0 fully saturated rings. The molecule has 0 spiro atoms. The summed E-state index contributed by atoms with van der Waals surface area (Å²) in [6.07, 6.45) is 48.0. The molecule has 0 amide bonds. The lowest BCUT2D eigenvalue weighted by Crippen LogP contribution is -2.30. The van der Waals surface area contributed by atoms with Crippen LogP contribution in [0.2, 0.25) is 0 Å². The largest absolute Gasteiger partial charge is 0.462 e. The number of ether oxygens (including phenoxy) is 3. The maximum absolute atomic E-state index is 12.8. The van der Waals surface area contributed by atoms with E-state index < -0.39 is 6.10 Å². The molecule has 0 aliphatic heterocycles. The third kappa shape index (κ3) is 44.5. The van der Waals surface area contributed by atoms with Gasteiger partial charge in [0.2, 0.25) is 0 Å². The highest BCUT2D eigenvalue weighted by Crippen LogP contribution is 2.18. The Morgan fingerprint density at radius 1 is 0.333 bits per heavy atom. The van der Waals surface area contributed by atoms with Crippen LogP contribution in [0.4, 0.5) is 0 Å². The van der Waals surface area contributed by atoms with Crippen molar-refractivity contribution in [2.75, 3.05) is 13.2 Å². The molecule has 3 atom stereocenters. The maximum atomic E-state index is 12.8. The lowest BCUT2D eigenvalue weighted by molar-refractivity contribution is -0.167. The Labute approximate surface area is 374 Å². The Balaban J connectivity index is 4.27. The fraction of sp³-hybridized carbons (Fsp3) is 0.944. The van der Waals surface area contributed by atoms with E-state index in [-0.39, 0.29) is 31.1 Å². The minimum Gasteiger partial charge on any atom is -0.462 e. The van der Waals surface area contributed by atoms with Gasteiger partial charge >= 0.3 is 17.9 Å². The maximum Gasteiger partial charge on any atom is 0.306 e. The van der Waals surface area contributed by atoms with Gasteiger partial charge in [-0.1, -0.05) is 259 Å². The zero-order valence-electron chi connectivity index (χ0n) is 41.1. The van der Waals surface area contributed by atoms with Crippen LogP contribution in [-0.2, 0) is 28.6 Å². The quantitative estimate of drug-likeness (QED) is 0.0345. The number of hydrogen-bond acceptors (Lipinski definition) is 6. The normalized spacial score (nSPS) is 12.9. The third-order valence-electron chi connectivity index (χ3n) is 12.9. The second-order valence-electron chi connectivity index (χ2n) is 19.0. The molecule has 0 aliphatic rings. The molecule has 0 bridgehead atoms. The molecule has 0 aromatic carbocycles. The smallest absolute Gasteiger partial charge is 0.306 e. The van der Waals surface area contributed by atoms with E-state index in [0.717, 1.165) is 69.6 Å². The number of unbranched alkanes of at least 4 members (excludes halogenated alkanes) is 31. The predicted molar refractivity (Wildman–Crippen MR) is 256 cm³/mol. The first-order chi connectivity index (χ1) is 29.3. The molecule has 0 saturated heterocycles. The average molecular weight is 849 g/mol. The lowest BCUT2D eigenvalue weighted by atomic mass is 9.99. The number of carbonyl (C=O) groups is 3. The molecular weight excluding hydrogens is 745 g/mol. The van der Waals surface area contributed by atoms with Gasteiger partial charge in [-0.05, 0) is 31.1 Å². The van der Waals surface area contributed by atoms with Crippen LogP contribution < -0.4 is 0 Å². The molecule has 0 rings (SSSR count). The summed E-state index contributed by atoms with van der Waals surface area (Å²) in [5.41, 5.74) is 0. The van der Waals surface area contributed by atoms with E-state index in [1.165, 1.54) is 186 Å². The summed E-state index contributed by atoms with van der Waals surface area (Å²) < 4.78 is 16.8. The van der Waals surface area contributed by atoms with Crippen LogP contribution >= 0.6 is 0 Å². The number of rotatable bonds is 48.